The third kappa shape index (κ3) is 4.21. The lowest BCUT2D eigenvalue weighted by atomic mass is 10.1. The first-order valence-corrected chi connectivity index (χ1v) is 11.2. The van der Waals surface area contributed by atoms with Gasteiger partial charge >= 0.3 is 0 Å². The SMILES string of the molecule is Cc1ccc(S(=O)(=O)c2nc(-c3cccc(C)c3)oc2NC[C@H]2CCCO2)cc1. The zero-order valence-electron chi connectivity index (χ0n) is 16.5. The number of rotatable bonds is 6. The standard InChI is InChI=1S/C22H24N2O4S/c1-15-8-10-19(11-9-15)29(25,26)22-21(23-14-18-7-4-12-27-18)28-20(24-22)17-6-3-5-16(2)13-17/h3,5-6,8-11,13,18,23H,4,7,12,14H2,1-2H3/t18-/m1/s1. The maximum absolute atomic E-state index is 13.3. The number of nitrogens with one attached hydrogen (secondary N) is 1. The summed E-state index contributed by atoms with van der Waals surface area (Å²) < 4.78 is 38.1. The Labute approximate surface area is 170 Å². The number of ether oxygens (including phenoxy) is 1. The van der Waals surface area contributed by atoms with Gasteiger partial charge in [0.2, 0.25) is 26.6 Å². The van der Waals surface area contributed by atoms with Gasteiger partial charge in [0.25, 0.3) is 0 Å². The summed E-state index contributed by atoms with van der Waals surface area (Å²) in [5.74, 6) is 0.423. The van der Waals surface area contributed by atoms with Gasteiger partial charge in [-0.05, 0) is 51.0 Å². The molecule has 1 atom stereocenters. The molecule has 0 radical (unpaired) electrons. The van der Waals surface area contributed by atoms with Crippen molar-refractivity contribution in [2.75, 3.05) is 18.5 Å². The summed E-state index contributed by atoms with van der Waals surface area (Å²) in [6.45, 7) is 5.08. The molecular formula is C22H24N2O4S. The fourth-order valence-corrected chi connectivity index (χ4v) is 4.62. The number of oxazole rings is 1. The minimum absolute atomic E-state index is 0.0393. The summed E-state index contributed by atoms with van der Waals surface area (Å²) in [4.78, 5) is 4.57. The van der Waals surface area contributed by atoms with Crippen LogP contribution in [0, 0.1) is 13.8 Å². The first-order chi connectivity index (χ1) is 13.9. The van der Waals surface area contributed by atoms with Crippen LogP contribution in [0.4, 0.5) is 5.88 Å². The lowest BCUT2D eigenvalue weighted by molar-refractivity contribution is 0.120. The van der Waals surface area contributed by atoms with Crippen molar-refractivity contribution < 1.29 is 17.6 Å². The van der Waals surface area contributed by atoms with Crippen LogP contribution in [-0.2, 0) is 14.6 Å². The Morgan fingerprint density at radius 3 is 2.59 bits per heavy atom. The van der Waals surface area contributed by atoms with Crippen LogP contribution < -0.4 is 5.32 Å². The summed E-state index contributed by atoms with van der Waals surface area (Å²) in [5.41, 5.74) is 2.76. The topological polar surface area (TPSA) is 81.4 Å². The van der Waals surface area contributed by atoms with E-state index in [9.17, 15) is 8.42 Å². The summed E-state index contributed by atoms with van der Waals surface area (Å²) in [5, 5.41) is 3.01. The number of benzene rings is 2. The second-order valence-electron chi connectivity index (χ2n) is 7.36. The number of hydrogen-bond acceptors (Lipinski definition) is 6. The predicted molar refractivity (Wildman–Crippen MR) is 111 cm³/mol. The molecule has 6 nitrogen and oxygen atoms in total. The van der Waals surface area contributed by atoms with E-state index in [0.717, 1.165) is 36.1 Å². The number of aromatic nitrogens is 1. The van der Waals surface area contributed by atoms with Crippen LogP contribution in [-0.4, -0.2) is 32.7 Å². The normalized spacial score (nSPS) is 16.8. The Morgan fingerprint density at radius 1 is 1.10 bits per heavy atom. The van der Waals surface area contributed by atoms with Crippen molar-refractivity contribution in [2.45, 2.75) is 42.7 Å². The molecule has 0 amide bonds. The highest BCUT2D eigenvalue weighted by atomic mass is 32.2. The van der Waals surface area contributed by atoms with Gasteiger partial charge in [0, 0.05) is 18.7 Å². The molecule has 0 saturated carbocycles. The molecule has 1 fully saturated rings. The number of nitrogens with zero attached hydrogens (tertiary/aromatic N) is 1. The highest BCUT2D eigenvalue weighted by molar-refractivity contribution is 7.91. The van der Waals surface area contributed by atoms with E-state index in [2.05, 4.69) is 10.3 Å². The average molecular weight is 413 g/mol. The Balaban J connectivity index is 1.74. The molecular weight excluding hydrogens is 388 g/mol. The van der Waals surface area contributed by atoms with Crippen molar-refractivity contribution in [2.24, 2.45) is 0 Å². The molecule has 29 heavy (non-hydrogen) atoms. The van der Waals surface area contributed by atoms with Gasteiger partial charge in [-0.15, -0.1) is 0 Å². The fourth-order valence-electron chi connectivity index (χ4n) is 3.34. The number of anilines is 1. The van der Waals surface area contributed by atoms with E-state index in [-0.39, 0.29) is 27.8 Å². The van der Waals surface area contributed by atoms with Crippen molar-refractivity contribution in [1.29, 1.82) is 0 Å². The third-order valence-electron chi connectivity index (χ3n) is 4.96. The van der Waals surface area contributed by atoms with Gasteiger partial charge in [0.15, 0.2) is 0 Å². The molecule has 3 aromatic rings. The van der Waals surface area contributed by atoms with E-state index in [1.165, 1.54) is 0 Å². The van der Waals surface area contributed by atoms with Gasteiger partial charge in [-0.1, -0.05) is 35.4 Å². The van der Waals surface area contributed by atoms with Gasteiger partial charge in [-0.3, -0.25) is 0 Å². The maximum atomic E-state index is 13.3. The largest absolute Gasteiger partial charge is 0.419 e. The van der Waals surface area contributed by atoms with Crippen LogP contribution in [0.2, 0.25) is 0 Å². The molecule has 1 saturated heterocycles. The average Bonchev–Trinajstić information content (AvgIpc) is 3.37. The van der Waals surface area contributed by atoms with E-state index in [0.29, 0.717) is 6.54 Å². The number of hydrogen-bond donors (Lipinski definition) is 1. The minimum Gasteiger partial charge on any atom is -0.419 e. The number of aryl methyl sites for hydroxylation is 2. The smallest absolute Gasteiger partial charge is 0.233 e. The fraction of sp³-hybridized carbons (Fsp3) is 0.318. The van der Waals surface area contributed by atoms with Crippen LogP contribution in [0.1, 0.15) is 24.0 Å². The zero-order chi connectivity index (χ0) is 20.4. The molecule has 2 heterocycles. The predicted octanol–water partition coefficient (Wildman–Crippen LogP) is 4.38. The van der Waals surface area contributed by atoms with Crippen LogP contribution in [0.5, 0.6) is 0 Å². The lowest BCUT2D eigenvalue weighted by Crippen LogP contribution is -2.19. The van der Waals surface area contributed by atoms with Crippen molar-refractivity contribution in [3.63, 3.8) is 0 Å². The van der Waals surface area contributed by atoms with Crippen LogP contribution in [0.25, 0.3) is 11.5 Å². The molecule has 1 aliphatic heterocycles. The molecule has 1 N–H and O–H groups in total. The van der Waals surface area contributed by atoms with Crippen molar-refractivity contribution in [3.05, 3.63) is 59.7 Å². The van der Waals surface area contributed by atoms with E-state index >= 15 is 0 Å². The first kappa shape index (κ1) is 19.7. The van der Waals surface area contributed by atoms with Gasteiger partial charge in [0.1, 0.15) is 0 Å². The van der Waals surface area contributed by atoms with Crippen LogP contribution >= 0.6 is 0 Å². The molecule has 2 aromatic carbocycles. The second kappa shape index (κ2) is 8.00. The first-order valence-electron chi connectivity index (χ1n) is 9.68. The zero-order valence-corrected chi connectivity index (χ0v) is 17.3. The van der Waals surface area contributed by atoms with Crippen molar-refractivity contribution >= 4 is 15.7 Å². The molecule has 0 bridgehead atoms. The van der Waals surface area contributed by atoms with E-state index in [1.54, 1.807) is 24.3 Å². The molecule has 4 rings (SSSR count). The lowest BCUT2D eigenvalue weighted by Gasteiger charge is -2.10. The summed E-state index contributed by atoms with van der Waals surface area (Å²) >= 11 is 0. The van der Waals surface area contributed by atoms with Gasteiger partial charge in [0.05, 0.1) is 11.0 Å². The molecule has 152 valence electrons. The quantitative estimate of drug-likeness (QED) is 0.647. The molecule has 0 aliphatic carbocycles. The molecule has 1 aliphatic rings. The maximum Gasteiger partial charge on any atom is 0.233 e. The van der Waals surface area contributed by atoms with Gasteiger partial charge < -0.3 is 14.5 Å². The molecule has 0 unspecified atom stereocenters. The summed E-state index contributed by atoms with van der Waals surface area (Å²) in [6, 6.07) is 14.4. The Bertz CT molecular complexity index is 1100. The monoisotopic (exact) mass is 412 g/mol. The Morgan fingerprint density at radius 2 is 1.90 bits per heavy atom. The summed E-state index contributed by atoms with van der Waals surface area (Å²) in [6.07, 6.45) is 1.98. The van der Waals surface area contributed by atoms with Crippen molar-refractivity contribution in [3.8, 4) is 11.5 Å². The molecule has 0 spiro atoms. The second-order valence-corrected chi connectivity index (χ2v) is 9.22. The van der Waals surface area contributed by atoms with E-state index in [1.807, 2.05) is 38.1 Å². The molecule has 1 aromatic heterocycles. The van der Waals surface area contributed by atoms with E-state index < -0.39 is 9.84 Å². The van der Waals surface area contributed by atoms with Crippen LogP contribution in [0.3, 0.4) is 0 Å². The van der Waals surface area contributed by atoms with Crippen LogP contribution in [0.15, 0.2) is 62.9 Å². The highest BCUT2D eigenvalue weighted by Crippen LogP contribution is 2.33. The van der Waals surface area contributed by atoms with Gasteiger partial charge in [-0.25, -0.2) is 8.42 Å². The minimum atomic E-state index is -3.84. The Kier molecular flexibility index (Phi) is 5.43. The summed E-state index contributed by atoms with van der Waals surface area (Å²) in [7, 11) is -3.84. The Hall–Kier alpha value is -2.64. The number of sulfone groups is 1. The van der Waals surface area contributed by atoms with E-state index in [4.69, 9.17) is 9.15 Å². The highest BCUT2D eigenvalue weighted by Gasteiger charge is 2.29. The molecule has 7 heteroatoms. The third-order valence-corrected chi connectivity index (χ3v) is 6.64. The van der Waals surface area contributed by atoms with Crippen molar-refractivity contribution in [1.82, 2.24) is 4.98 Å². The van der Waals surface area contributed by atoms with Gasteiger partial charge in [-0.2, -0.15) is 4.98 Å².